The highest BCUT2D eigenvalue weighted by Crippen LogP contribution is 2.43. The zero-order valence-electron chi connectivity index (χ0n) is 9.88. The van der Waals surface area contributed by atoms with Gasteiger partial charge < -0.3 is 5.11 Å². The van der Waals surface area contributed by atoms with E-state index in [4.69, 9.17) is 5.11 Å². The van der Waals surface area contributed by atoms with Crippen LogP contribution in [-0.2, 0) is 12.4 Å². The molecule has 2 aromatic rings. The number of hydrogen-bond acceptors (Lipinski definition) is 2. The molecule has 3 nitrogen and oxygen atoms in total. The molecule has 1 aromatic carbocycles. The van der Waals surface area contributed by atoms with Crippen LogP contribution in [0.15, 0.2) is 24.3 Å². The Hall–Kier alpha value is -2.32. The SMILES string of the molecule is O=C(O)c1c(C(F)(F)F)c(C(F)(F)F)nc2ccccc12. The molecule has 1 aromatic heterocycles. The average Bonchev–Trinajstić information content (AvgIpc) is 2.34. The Morgan fingerprint density at radius 3 is 2.05 bits per heavy atom. The molecule has 112 valence electrons. The number of carboxylic acids is 1. The Balaban J connectivity index is 3.06. The fourth-order valence-corrected chi connectivity index (χ4v) is 1.92. The van der Waals surface area contributed by atoms with Gasteiger partial charge in [0.2, 0.25) is 0 Å². The number of aromatic nitrogens is 1. The quantitative estimate of drug-likeness (QED) is 0.811. The lowest BCUT2D eigenvalue weighted by atomic mass is 9.99. The molecule has 0 aliphatic heterocycles. The summed E-state index contributed by atoms with van der Waals surface area (Å²) in [6.45, 7) is 0. The van der Waals surface area contributed by atoms with Crippen LogP contribution in [0.25, 0.3) is 10.9 Å². The Morgan fingerprint density at radius 2 is 1.57 bits per heavy atom. The molecule has 0 unspecified atom stereocenters. The van der Waals surface area contributed by atoms with Crippen molar-refractivity contribution in [2.45, 2.75) is 12.4 Å². The van der Waals surface area contributed by atoms with Gasteiger partial charge in [-0.15, -0.1) is 0 Å². The van der Waals surface area contributed by atoms with E-state index >= 15 is 0 Å². The van der Waals surface area contributed by atoms with Gasteiger partial charge in [0.1, 0.15) is 5.56 Å². The van der Waals surface area contributed by atoms with Crippen molar-refractivity contribution >= 4 is 16.9 Å². The summed E-state index contributed by atoms with van der Waals surface area (Å²) in [5, 5.41) is 8.41. The third-order valence-corrected chi connectivity index (χ3v) is 2.66. The van der Waals surface area contributed by atoms with Crippen molar-refractivity contribution in [1.29, 1.82) is 0 Å². The van der Waals surface area contributed by atoms with Crippen LogP contribution in [0.2, 0.25) is 0 Å². The van der Waals surface area contributed by atoms with Gasteiger partial charge in [0.15, 0.2) is 5.69 Å². The first kappa shape index (κ1) is 15.1. The Bertz CT molecular complexity index is 720. The minimum atomic E-state index is -5.50. The predicted molar refractivity (Wildman–Crippen MR) is 58.7 cm³/mol. The van der Waals surface area contributed by atoms with Gasteiger partial charge >= 0.3 is 18.3 Å². The van der Waals surface area contributed by atoms with E-state index in [9.17, 15) is 31.1 Å². The summed E-state index contributed by atoms with van der Waals surface area (Å²) in [5.41, 5.74) is -6.48. The van der Waals surface area contributed by atoms with Gasteiger partial charge in [-0.25, -0.2) is 9.78 Å². The summed E-state index contributed by atoms with van der Waals surface area (Å²) >= 11 is 0. The number of aromatic carboxylic acids is 1. The van der Waals surface area contributed by atoms with E-state index in [0.717, 1.165) is 12.1 Å². The molecule has 0 aliphatic carbocycles. The zero-order valence-corrected chi connectivity index (χ0v) is 9.88. The molecule has 1 heterocycles. The maximum atomic E-state index is 12.9. The van der Waals surface area contributed by atoms with Gasteiger partial charge in [-0.3, -0.25) is 0 Å². The smallest absolute Gasteiger partial charge is 0.434 e. The van der Waals surface area contributed by atoms with Crippen LogP contribution in [0, 0.1) is 0 Å². The second-order valence-electron chi connectivity index (χ2n) is 4.03. The molecule has 0 saturated carbocycles. The van der Waals surface area contributed by atoms with Crippen molar-refractivity contribution in [3.63, 3.8) is 0 Å². The Labute approximate surface area is 112 Å². The Kier molecular flexibility index (Phi) is 3.31. The highest BCUT2D eigenvalue weighted by Gasteiger charge is 2.48. The number of benzene rings is 1. The lowest BCUT2D eigenvalue weighted by Crippen LogP contribution is -2.23. The molecule has 0 spiro atoms. The molecule has 0 saturated heterocycles. The van der Waals surface area contributed by atoms with E-state index in [-0.39, 0.29) is 0 Å². The second kappa shape index (κ2) is 4.61. The molecule has 0 radical (unpaired) electrons. The van der Waals surface area contributed by atoms with E-state index in [1.165, 1.54) is 12.1 Å². The minimum Gasteiger partial charge on any atom is -0.478 e. The average molecular weight is 309 g/mol. The topological polar surface area (TPSA) is 50.2 Å². The number of carbonyl (C=O) groups is 1. The number of para-hydroxylation sites is 1. The van der Waals surface area contributed by atoms with Gasteiger partial charge in [0, 0.05) is 5.39 Å². The van der Waals surface area contributed by atoms with E-state index in [0.29, 0.717) is 0 Å². The molecule has 2 rings (SSSR count). The first-order chi connectivity index (χ1) is 9.53. The largest absolute Gasteiger partial charge is 0.478 e. The van der Waals surface area contributed by atoms with Crippen LogP contribution in [0.1, 0.15) is 21.6 Å². The molecule has 0 bridgehead atoms. The van der Waals surface area contributed by atoms with E-state index in [1.54, 1.807) is 0 Å². The summed E-state index contributed by atoms with van der Waals surface area (Å²) in [6.07, 6.45) is -10.9. The van der Waals surface area contributed by atoms with Crippen LogP contribution in [0.5, 0.6) is 0 Å². The number of pyridine rings is 1. The van der Waals surface area contributed by atoms with Gasteiger partial charge in [-0.1, -0.05) is 18.2 Å². The predicted octanol–water partition coefficient (Wildman–Crippen LogP) is 3.97. The molecule has 0 fully saturated rings. The molecule has 0 amide bonds. The first-order valence-electron chi connectivity index (χ1n) is 5.34. The zero-order chi connectivity index (χ0) is 16.0. The number of fused-ring (bicyclic) bond motifs is 1. The second-order valence-corrected chi connectivity index (χ2v) is 4.03. The summed E-state index contributed by atoms with van der Waals surface area (Å²) in [4.78, 5) is 14.0. The number of alkyl halides is 6. The maximum Gasteiger partial charge on any atom is 0.434 e. The molecule has 0 aliphatic rings. The highest BCUT2D eigenvalue weighted by atomic mass is 19.4. The number of halogens is 6. The molecule has 9 heteroatoms. The van der Waals surface area contributed by atoms with Crippen molar-refractivity contribution in [3.8, 4) is 0 Å². The van der Waals surface area contributed by atoms with Gasteiger partial charge in [-0.2, -0.15) is 26.3 Å². The maximum absolute atomic E-state index is 12.9. The number of hydrogen-bond donors (Lipinski definition) is 1. The van der Waals surface area contributed by atoms with Crippen LogP contribution >= 0.6 is 0 Å². The van der Waals surface area contributed by atoms with E-state index in [1.807, 2.05) is 0 Å². The molecule has 0 atom stereocenters. The first-order valence-corrected chi connectivity index (χ1v) is 5.34. The normalized spacial score (nSPS) is 12.7. The minimum absolute atomic E-state index is 0.477. The monoisotopic (exact) mass is 309 g/mol. The number of carboxylic acid groups (broad SMARTS) is 1. The summed E-state index contributed by atoms with van der Waals surface area (Å²) in [7, 11) is 0. The number of rotatable bonds is 1. The van der Waals surface area contributed by atoms with Crippen molar-refractivity contribution in [3.05, 3.63) is 41.1 Å². The van der Waals surface area contributed by atoms with Crippen molar-refractivity contribution < 1.29 is 36.2 Å². The van der Waals surface area contributed by atoms with Crippen molar-refractivity contribution in [1.82, 2.24) is 4.98 Å². The summed E-state index contributed by atoms with van der Waals surface area (Å²) < 4.78 is 77.2. The van der Waals surface area contributed by atoms with Crippen molar-refractivity contribution in [2.24, 2.45) is 0 Å². The Morgan fingerprint density at radius 1 is 1.00 bits per heavy atom. The van der Waals surface area contributed by atoms with Crippen LogP contribution in [0.4, 0.5) is 26.3 Å². The highest BCUT2D eigenvalue weighted by molar-refractivity contribution is 6.04. The lowest BCUT2D eigenvalue weighted by Gasteiger charge is -2.18. The molecule has 21 heavy (non-hydrogen) atoms. The third kappa shape index (κ3) is 2.63. The third-order valence-electron chi connectivity index (χ3n) is 2.66. The van der Waals surface area contributed by atoms with Crippen molar-refractivity contribution in [2.75, 3.05) is 0 Å². The summed E-state index contributed by atoms with van der Waals surface area (Å²) in [5.74, 6) is -2.11. The molecular formula is C12H5F6NO2. The van der Waals surface area contributed by atoms with Crippen LogP contribution < -0.4 is 0 Å². The van der Waals surface area contributed by atoms with Crippen LogP contribution in [0.3, 0.4) is 0 Å². The molecule has 1 N–H and O–H groups in total. The van der Waals surface area contributed by atoms with E-state index < -0.39 is 46.0 Å². The van der Waals surface area contributed by atoms with Gasteiger partial charge in [0.25, 0.3) is 0 Å². The molecular weight excluding hydrogens is 304 g/mol. The van der Waals surface area contributed by atoms with E-state index in [2.05, 4.69) is 4.98 Å². The fourth-order valence-electron chi connectivity index (χ4n) is 1.92. The summed E-state index contributed by atoms with van der Waals surface area (Å²) in [6, 6.07) is 4.44. The standard InChI is InChI=1S/C12H5F6NO2/c13-11(14,15)8-7(10(20)21)5-3-1-2-4-6(5)19-9(8)12(16,17)18/h1-4H,(H,20,21). The van der Waals surface area contributed by atoms with Gasteiger partial charge in [0.05, 0.1) is 11.1 Å². The number of nitrogens with zero attached hydrogens (tertiary/aromatic N) is 1. The fraction of sp³-hybridized carbons (Fsp3) is 0.167. The van der Waals surface area contributed by atoms with Crippen LogP contribution in [-0.4, -0.2) is 16.1 Å². The lowest BCUT2D eigenvalue weighted by molar-refractivity contribution is -0.164. The van der Waals surface area contributed by atoms with Gasteiger partial charge in [-0.05, 0) is 6.07 Å².